The number of rotatable bonds is 3. The number of hydrogen-bond donors (Lipinski definition) is 0. The standard InChI is InChI=1S/C17H16BrNO2/c1-12-5-4-6-14(9-12)21-16-8-3-2-7-15(16)19-11-13(18)10-17(19)20/h2-9,13H,10-11H2,1H3. The Morgan fingerprint density at radius 3 is 2.71 bits per heavy atom. The maximum absolute atomic E-state index is 12.1. The van der Waals surface area contributed by atoms with Crippen LogP contribution >= 0.6 is 15.9 Å². The van der Waals surface area contributed by atoms with Gasteiger partial charge in [-0.25, -0.2) is 0 Å². The number of nitrogens with zero attached hydrogens (tertiary/aromatic N) is 1. The Hall–Kier alpha value is -1.81. The molecule has 0 radical (unpaired) electrons. The van der Waals surface area contributed by atoms with E-state index >= 15 is 0 Å². The molecule has 1 aliphatic heterocycles. The lowest BCUT2D eigenvalue weighted by Gasteiger charge is -2.20. The fourth-order valence-electron chi connectivity index (χ4n) is 2.47. The Bertz CT molecular complexity index is 671. The van der Waals surface area contributed by atoms with E-state index in [0.29, 0.717) is 18.7 Å². The Morgan fingerprint density at radius 1 is 1.19 bits per heavy atom. The summed E-state index contributed by atoms with van der Waals surface area (Å²) in [5, 5.41) is 0. The number of anilines is 1. The second-order valence-electron chi connectivity index (χ2n) is 5.19. The lowest BCUT2D eigenvalue weighted by atomic mass is 10.2. The van der Waals surface area contributed by atoms with E-state index in [4.69, 9.17) is 4.74 Å². The minimum Gasteiger partial charge on any atom is -0.455 e. The number of hydrogen-bond acceptors (Lipinski definition) is 2. The highest BCUT2D eigenvalue weighted by Gasteiger charge is 2.30. The van der Waals surface area contributed by atoms with E-state index in [-0.39, 0.29) is 10.7 Å². The number of amides is 1. The van der Waals surface area contributed by atoms with E-state index in [9.17, 15) is 4.79 Å². The third-order valence-corrected chi connectivity index (χ3v) is 4.06. The number of benzene rings is 2. The van der Waals surface area contributed by atoms with Crippen molar-refractivity contribution < 1.29 is 9.53 Å². The average Bonchev–Trinajstić information content (AvgIpc) is 2.78. The van der Waals surface area contributed by atoms with Crippen molar-refractivity contribution in [3.05, 3.63) is 54.1 Å². The molecule has 0 saturated carbocycles. The highest BCUT2D eigenvalue weighted by atomic mass is 79.9. The van der Waals surface area contributed by atoms with Crippen LogP contribution in [0.15, 0.2) is 48.5 Å². The number of carbonyl (C=O) groups excluding carboxylic acids is 1. The van der Waals surface area contributed by atoms with Crippen LogP contribution in [0.2, 0.25) is 0 Å². The maximum atomic E-state index is 12.1. The van der Waals surface area contributed by atoms with Crippen LogP contribution < -0.4 is 9.64 Å². The number of halogens is 1. The van der Waals surface area contributed by atoms with E-state index in [1.54, 1.807) is 4.90 Å². The molecule has 0 N–H and O–H groups in total. The summed E-state index contributed by atoms with van der Waals surface area (Å²) in [5.74, 6) is 1.61. The first-order valence-electron chi connectivity index (χ1n) is 6.91. The molecule has 108 valence electrons. The van der Waals surface area contributed by atoms with E-state index in [1.165, 1.54) is 0 Å². The third-order valence-electron chi connectivity index (χ3n) is 3.45. The number of ether oxygens (including phenoxy) is 1. The van der Waals surface area contributed by atoms with Gasteiger partial charge in [-0.05, 0) is 36.8 Å². The molecule has 1 aliphatic rings. The van der Waals surface area contributed by atoms with Gasteiger partial charge in [-0.3, -0.25) is 4.79 Å². The molecule has 0 aliphatic carbocycles. The molecule has 1 heterocycles. The quantitative estimate of drug-likeness (QED) is 0.776. The lowest BCUT2D eigenvalue weighted by molar-refractivity contribution is -0.117. The monoisotopic (exact) mass is 345 g/mol. The third kappa shape index (κ3) is 3.10. The van der Waals surface area contributed by atoms with Gasteiger partial charge in [0.15, 0.2) is 5.75 Å². The Labute approximate surface area is 132 Å². The van der Waals surface area contributed by atoms with Gasteiger partial charge in [-0.15, -0.1) is 0 Å². The SMILES string of the molecule is Cc1cccc(Oc2ccccc2N2CC(Br)CC2=O)c1. The molecule has 3 nitrogen and oxygen atoms in total. The maximum Gasteiger partial charge on any atom is 0.228 e. The molecule has 1 saturated heterocycles. The Balaban J connectivity index is 1.91. The van der Waals surface area contributed by atoms with Crippen LogP contribution in [0, 0.1) is 6.92 Å². The van der Waals surface area contributed by atoms with Crippen molar-refractivity contribution in [2.75, 3.05) is 11.4 Å². The molecular weight excluding hydrogens is 330 g/mol. The second kappa shape index (κ2) is 5.90. The normalized spacial score (nSPS) is 18.1. The van der Waals surface area contributed by atoms with E-state index < -0.39 is 0 Å². The molecular formula is C17H16BrNO2. The van der Waals surface area contributed by atoms with Crippen LogP contribution in [0.4, 0.5) is 5.69 Å². The first kappa shape index (κ1) is 14.1. The van der Waals surface area contributed by atoms with Crippen LogP contribution in [0.1, 0.15) is 12.0 Å². The van der Waals surface area contributed by atoms with Gasteiger partial charge in [-0.1, -0.05) is 40.2 Å². The number of aryl methyl sites for hydroxylation is 1. The largest absolute Gasteiger partial charge is 0.455 e. The number of para-hydroxylation sites is 2. The zero-order valence-corrected chi connectivity index (χ0v) is 13.3. The van der Waals surface area contributed by atoms with Crippen LogP contribution in [0.5, 0.6) is 11.5 Å². The topological polar surface area (TPSA) is 29.5 Å². The summed E-state index contributed by atoms with van der Waals surface area (Å²) in [6.45, 7) is 2.70. The van der Waals surface area contributed by atoms with Gasteiger partial charge < -0.3 is 9.64 Å². The molecule has 1 amide bonds. The molecule has 1 fully saturated rings. The number of carbonyl (C=O) groups is 1. The lowest BCUT2D eigenvalue weighted by Crippen LogP contribution is -2.24. The molecule has 0 bridgehead atoms. The summed E-state index contributed by atoms with van der Waals surface area (Å²) in [4.78, 5) is 14.1. The summed E-state index contributed by atoms with van der Waals surface area (Å²) in [5.41, 5.74) is 1.97. The van der Waals surface area contributed by atoms with Gasteiger partial charge >= 0.3 is 0 Å². The highest BCUT2D eigenvalue weighted by molar-refractivity contribution is 9.09. The predicted octanol–water partition coefficient (Wildman–Crippen LogP) is 4.29. The molecule has 4 heteroatoms. The molecule has 1 atom stereocenters. The van der Waals surface area contributed by atoms with Crippen molar-refractivity contribution in [1.29, 1.82) is 0 Å². The molecule has 0 spiro atoms. The van der Waals surface area contributed by atoms with Crippen molar-refractivity contribution in [2.45, 2.75) is 18.2 Å². The van der Waals surface area contributed by atoms with Gasteiger partial charge in [0.25, 0.3) is 0 Å². The van der Waals surface area contributed by atoms with Gasteiger partial charge in [-0.2, -0.15) is 0 Å². The van der Waals surface area contributed by atoms with Crippen LogP contribution in [0.3, 0.4) is 0 Å². The Morgan fingerprint density at radius 2 is 2.00 bits per heavy atom. The summed E-state index contributed by atoms with van der Waals surface area (Å²) in [6.07, 6.45) is 0.527. The van der Waals surface area contributed by atoms with Crippen molar-refractivity contribution in [3.8, 4) is 11.5 Å². The smallest absolute Gasteiger partial charge is 0.228 e. The fourth-order valence-corrected chi connectivity index (χ4v) is 3.04. The van der Waals surface area contributed by atoms with E-state index in [1.807, 2.05) is 55.5 Å². The fraction of sp³-hybridized carbons (Fsp3) is 0.235. The summed E-state index contributed by atoms with van der Waals surface area (Å²) >= 11 is 3.51. The van der Waals surface area contributed by atoms with E-state index in [2.05, 4.69) is 15.9 Å². The summed E-state index contributed by atoms with van der Waals surface area (Å²) in [7, 11) is 0. The number of alkyl halides is 1. The van der Waals surface area contributed by atoms with Crippen LogP contribution in [-0.2, 0) is 4.79 Å². The van der Waals surface area contributed by atoms with E-state index in [0.717, 1.165) is 17.0 Å². The van der Waals surface area contributed by atoms with Crippen LogP contribution in [-0.4, -0.2) is 17.3 Å². The molecule has 2 aromatic carbocycles. The second-order valence-corrected chi connectivity index (χ2v) is 6.49. The Kier molecular flexibility index (Phi) is 3.97. The summed E-state index contributed by atoms with van der Waals surface area (Å²) in [6, 6.07) is 15.5. The first-order chi connectivity index (χ1) is 10.1. The first-order valence-corrected chi connectivity index (χ1v) is 7.83. The summed E-state index contributed by atoms with van der Waals surface area (Å²) < 4.78 is 5.98. The minimum atomic E-state index is 0.122. The van der Waals surface area contributed by atoms with Gasteiger partial charge in [0.2, 0.25) is 5.91 Å². The highest BCUT2D eigenvalue weighted by Crippen LogP contribution is 2.35. The zero-order valence-electron chi connectivity index (χ0n) is 11.8. The molecule has 3 rings (SSSR count). The van der Waals surface area contributed by atoms with Crippen molar-refractivity contribution in [1.82, 2.24) is 0 Å². The molecule has 1 unspecified atom stereocenters. The van der Waals surface area contributed by atoms with Crippen LogP contribution in [0.25, 0.3) is 0 Å². The molecule has 0 aromatic heterocycles. The van der Waals surface area contributed by atoms with Gasteiger partial charge in [0.1, 0.15) is 5.75 Å². The van der Waals surface area contributed by atoms with Gasteiger partial charge in [0, 0.05) is 17.8 Å². The predicted molar refractivity (Wildman–Crippen MR) is 87.4 cm³/mol. The molecule has 21 heavy (non-hydrogen) atoms. The average molecular weight is 346 g/mol. The van der Waals surface area contributed by atoms with Gasteiger partial charge in [0.05, 0.1) is 5.69 Å². The minimum absolute atomic E-state index is 0.122. The van der Waals surface area contributed by atoms with Crippen molar-refractivity contribution in [3.63, 3.8) is 0 Å². The molecule has 2 aromatic rings. The van der Waals surface area contributed by atoms with Crippen molar-refractivity contribution >= 4 is 27.5 Å². The zero-order chi connectivity index (χ0) is 14.8. The van der Waals surface area contributed by atoms with Crippen molar-refractivity contribution in [2.24, 2.45) is 0 Å².